The van der Waals surface area contributed by atoms with Gasteiger partial charge in [-0.15, -0.1) is 4.91 Å². The number of rotatable bonds is 1. The SMILES string of the molecule is [2H]C1CN(N=O)C=CO1. The molecule has 8 heavy (non-hydrogen) atoms. The third-order valence-electron chi connectivity index (χ3n) is 0.774. The molecule has 0 saturated heterocycles. The van der Waals surface area contributed by atoms with Crippen LogP contribution in [-0.4, -0.2) is 18.1 Å². The Morgan fingerprint density at radius 2 is 2.88 bits per heavy atom. The summed E-state index contributed by atoms with van der Waals surface area (Å²) in [6, 6.07) is 0. The van der Waals surface area contributed by atoms with Crippen LogP contribution in [0.1, 0.15) is 1.37 Å². The van der Waals surface area contributed by atoms with E-state index in [-0.39, 0.29) is 6.54 Å². The van der Waals surface area contributed by atoms with Gasteiger partial charge in [0.15, 0.2) is 0 Å². The van der Waals surface area contributed by atoms with Gasteiger partial charge in [-0.3, -0.25) is 0 Å². The number of nitroso groups, excluding NO2 is 1. The lowest BCUT2D eigenvalue weighted by atomic mass is 10.6. The van der Waals surface area contributed by atoms with Crippen molar-refractivity contribution in [3.63, 3.8) is 0 Å². The molecule has 1 rings (SSSR count). The fraction of sp³-hybridized carbons (Fsp3) is 0.500. The molecule has 0 spiro atoms. The van der Waals surface area contributed by atoms with Crippen LogP contribution in [0, 0.1) is 4.91 Å². The summed E-state index contributed by atoms with van der Waals surface area (Å²) in [5.41, 5.74) is 0. The van der Waals surface area contributed by atoms with Crippen molar-refractivity contribution >= 4 is 0 Å². The maximum Gasteiger partial charge on any atom is 0.107 e. The normalized spacial score (nSPS) is 28.8. The Balaban J connectivity index is 2.48. The Hall–Kier alpha value is -1.06. The summed E-state index contributed by atoms with van der Waals surface area (Å²) >= 11 is 0. The first-order chi connectivity index (χ1) is 4.33. The van der Waals surface area contributed by atoms with Gasteiger partial charge in [-0.2, -0.15) is 0 Å². The molecule has 1 aliphatic rings. The first-order valence-electron chi connectivity index (χ1n) is 2.75. The predicted octanol–water partition coefficient (Wildman–Crippen LogP) is 0.471. The van der Waals surface area contributed by atoms with Crippen LogP contribution >= 0.6 is 0 Å². The van der Waals surface area contributed by atoms with E-state index in [0.717, 1.165) is 5.01 Å². The lowest BCUT2D eigenvalue weighted by Crippen LogP contribution is -2.18. The van der Waals surface area contributed by atoms with E-state index in [1.807, 2.05) is 0 Å². The molecule has 0 bridgehead atoms. The molecule has 1 aliphatic heterocycles. The first-order valence-corrected chi connectivity index (χ1v) is 2.17. The van der Waals surface area contributed by atoms with Crippen molar-refractivity contribution in [1.82, 2.24) is 5.01 Å². The zero-order valence-electron chi connectivity index (χ0n) is 5.15. The van der Waals surface area contributed by atoms with E-state index in [2.05, 4.69) is 10.0 Å². The highest BCUT2D eigenvalue weighted by molar-refractivity contribution is 4.76. The summed E-state index contributed by atoms with van der Waals surface area (Å²) in [5, 5.41) is 3.71. The molecular weight excluding hydrogens is 108 g/mol. The van der Waals surface area contributed by atoms with Crippen molar-refractivity contribution in [1.29, 1.82) is 0 Å². The zero-order chi connectivity index (χ0) is 6.69. The fourth-order valence-electron chi connectivity index (χ4n) is 0.402. The Morgan fingerprint density at radius 3 is 3.38 bits per heavy atom. The van der Waals surface area contributed by atoms with E-state index in [1.165, 1.54) is 12.5 Å². The molecule has 0 N–H and O–H groups in total. The number of hydrogen-bond acceptors (Lipinski definition) is 3. The van der Waals surface area contributed by atoms with E-state index in [1.54, 1.807) is 0 Å². The van der Waals surface area contributed by atoms with Gasteiger partial charge in [0.2, 0.25) is 0 Å². The third kappa shape index (κ3) is 0.959. The maximum absolute atomic E-state index is 9.79. The summed E-state index contributed by atoms with van der Waals surface area (Å²) < 4.78 is 11.6. The molecule has 0 saturated carbocycles. The second kappa shape index (κ2) is 2.30. The van der Waals surface area contributed by atoms with Crippen LogP contribution < -0.4 is 0 Å². The Bertz CT molecular complexity index is 139. The lowest BCUT2D eigenvalue weighted by molar-refractivity contribution is 0.175. The number of ether oxygens (including phenoxy) is 1. The number of hydrogen-bond donors (Lipinski definition) is 0. The van der Waals surface area contributed by atoms with Crippen LogP contribution in [0.25, 0.3) is 0 Å². The highest BCUT2D eigenvalue weighted by Crippen LogP contribution is 1.96. The molecule has 4 nitrogen and oxygen atoms in total. The molecule has 0 aromatic carbocycles. The molecule has 0 aromatic rings. The van der Waals surface area contributed by atoms with Crippen molar-refractivity contribution < 1.29 is 6.11 Å². The fourth-order valence-corrected chi connectivity index (χ4v) is 0.402. The van der Waals surface area contributed by atoms with Gasteiger partial charge in [0.1, 0.15) is 12.8 Å². The lowest BCUT2D eigenvalue weighted by Gasteiger charge is -2.13. The summed E-state index contributed by atoms with van der Waals surface area (Å²) in [4.78, 5) is 9.79. The van der Waals surface area contributed by atoms with Gasteiger partial charge in [-0.25, -0.2) is 5.01 Å². The monoisotopic (exact) mass is 115 g/mol. The van der Waals surface area contributed by atoms with Gasteiger partial charge in [0, 0.05) is 0 Å². The van der Waals surface area contributed by atoms with Crippen molar-refractivity contribution in [2.45, 2.75) is 0 Å². The summed E-state index contributed by atoms with van der Waals surface area (Å²) in [5.74, 6) is 0. The zero-order valence-corrected chi connectivity index (χ0v) is 4.15. The minimum absolute atomic E-state index is 0.208. The van der Waals surface area contributed by atoms with Gasteiger partial charge in [0.25, 0.3) is 0 Å². The van der Waals surface area contributed by atoms with Crippen LogP contribution in [0.4, 0.5) is 0 Å². The number of nitrogens with zero attached hydrogens (tertiary/aromatic N) is 2. The van der Waals surface area contributed by atoms with Crippen LogP contribution in [0.5, 0.6) is 0 Å². The second-order valence-corrected chi connectivity index (χ2v) is 1.29. The van der Waals surface area contributed by atoms with E-state index < -0.39 is 6.58 Å². The van der Waals surface area contributed by atoms with Crippen molar-refractivity contribution in [3.05, 3.63) is 17.4 Å². The molecule has 44 valence electrons. The third-order valence-corrected chi connectivity index (χ3v) is 0.774. The summed E-state index contributed by atoms with van der Waals surface area (Å²) in [6.45, 7) is -0.479. The quantitative estimate of drug-likeness (QED) is 0.466. The van der Waals surface area contributed by atoms with Crippen molar-refractivity contribution in [3.8, 4) is 0 Å². The van der Waals surface area contributed by atoms with Gasteiger partial charge >= 0.3 is 0 Å². The van der Waals surface area contributed by atoms with E-state index in [4.69, 9.17) is 1.37 Å². The standard InChI is InChI=1S/C4H6N2O2/c7-5-6-1-3-8-4-2-6/h1,3H,2,4H2/i4D. The first kappa shape index (κ1) is 3.88. The largest absolute Gasteiger partial charge is 0.498 e. The summed E-state index contributed by atoms with van der Waals surface area (Å²) in [6.07, 6.45) is 2.67. The van der Waals surface area contributed by atoms with E-state index in [9.17, 15) is 4.91 Å². The second-order valence-electron chi connectivity index (χ2n) is 1.29. The van der Waals surface area contributed by atoms with Crippen molar-refractivity contribution in [2.75, 3.05) is 13.1 Å². The van der Waals surface area contributed by atoms with Gasteiger partial charge in [-0.1, -0.05) is 0 Å². The van der Waals surface area contributed by atoms with E-state index in [0.29, 0.717) is 0 Å². The highest BCUT2D eigenvalue weighted by atomic mass is 16.5. The molecule has 0 aliphatic carbocycles. The van der Waals surface area contributed by atoms with Crippen LogP contribution in [0.2, 0.25) is 0 Å². The molecule has 0 fully saturated rings. The molecular formula is C4H6N2O2. The average molecular weight is 115 g/mol. The molecule has 0 radical (unpaired) electrons. The van der Waals surface area contributed by atoms with Crippen LogP contribution in [0.15, 0.2) is 17.7 Å². The van der Waals surface area contributed by atoms with E-state index >= 15 is 0 Å². The van der Waals surface area contributed by atoms with Crippen molar-refractivity contribution in [2.24, 2.45) is 5.29 Å². The minimum Gasteiger partial charge on any atom is -0.498 e. The molecule has 0 aromatic heterocycles. The molecule has 4 heteroatoms. The van der Waals surface area contributed by atoms with Crippen LogP contribution in [0.3, 0.4) is 0 Å². The van der Waals surface area contributed by atoms with Crippen LogP contribution in [-0.2, 0) is 4.74 Å². The summed E-state index contributed by atoms with van der Waals surface area (Å²) in [7, 11) is 0. The smallest absolute Gasteiger partial charge is 0.107 e. The topological polar surface area (TPSA) is 41.9 Å². The molecule has 0 amide bonds. The molecule has 1 atom stereocenters. The maximum atomic E-state index is 9.79. The Kier molecular flexibility index (Phi) is 1.12. The highest BCUT2D eigenvalue weighted by Gasteiger charge is 2.00. The predicted molar refractivity (Wildman–Crippen MR) is 27.6 cm³/mol. The Morgan fingerprint density at radius 1 is 2.00 bits per heavy atom. The van der Waals surface area contributed by atoms with Gasteiger partial charge in [-0.05, 0) is 0 Å². The Labute approximate surface area is 48.1 Å². The molecule has 1 unspecified atom stereocenters. The minimum atomic E-state index is -0.687. The average Bonchev–Trinajstić information content (AvgIpc) is 1.88. The van der Waals surface area contributed by atoms with Gasteiger partial charge in [0.05, 0.1) is 19.4 Å². The molecule has 1 heterocycles. The van der Waals surface area contributed by atoms with Gasteiger partial charge < -0.3 is 4.74 Å².